The number of hydrogen-bond donors (Lipinski definition) is 1. The number of carbonyl (C=O) groups is 1. The number of benzene rings is 3. The highest BCUT2D eigenvalue weighted by molar-refractivity contribution is 6.43. The SMILES string of the molecule is O=C(C=Cc1ccc(O)c(Cl)c1Cl)c1ccc(Oc2ccccc2)cc1. The first-order valence-electron chi connectivity index (χ1n) is 7.77. The van der Waals surface area contributed by atoms with Crippen molar-refractivity contribution in [2.24, 2.45) is 0 Å². The van der Waals surface area contributed by atoms with E-state index in [0.717, 1.165) is 5.75 Å². The maximum atomic E-state index is 12.3. The monoisotopic (exact) mass is 384 g/mol. The first-order chi connectivity index (χ1) is 12.5. The van der Waals surface area contributed by atoms with Crippen molar-refractivity contribution >= 4 is 35.1 Å². The Morgan fingerprint density at radius 2 is 1.50 bits per heavy atom. The van der Waals surface area contributed by atoms with E-state index >= 15 is 0 Å². The minimum absolute atomic E-state index is 0.0590. The lowest BCUT2D eigenvalue weighted by molar-refractivity contribution is 0.104. The number of halogens is 2. The number of ketones is 1. The van der Waals surface area contributed by atoms with Gasteiger partial charge in [0, 0.05) is 5.56 Å². The third-order valence-electron chi connectivity index (χ3n) is 3.62. The van der Waals surface area contributed by atoms with Gasteiger partial charge in [0.1, 0.15) is 22.3 Å². The molecule has 0 saturated carbocycles. The quantitative estimate of drug-likeness (QED) is 0.409. The van der Waals surface area contributed by atoms with Crippen LogP contribution >= 0.6 is 23.2 Å². The second-order valence-corrected chi connectivity index (χ2v) is 6.19. The van der Waals surface area contributed by atoms with Gasteiger partial charge in [-0.05, 0) is 66.2 Å². The number of phenolic OH excluding ortho intramolecular Hbond substituents is 1. The number of hydrogen-bond acceptors (Lipinski definition) is 3. The number of allylic oxidation sites excluding steroid dienone is 1. The summed E-state index contributed by atoms with van der Waals surface area (Å²) >= 11 is 11.9. The third-order valence-corrected chi connectivity index (χ3v) is 4.51. The van der Waals surface area contributed by atoms with Crippen LogP contribution in [0.25, 0.3) is 6.08 Å². The zero-order valence-electron chi connectivity index (χ0n) is 13.5. The average molecular weight is 385 g/mol. The summed E-state index contributed by atoms with van der Waals surface area (Å²) in [6.45, 7) is 0. The number of ether oxygens (including phenoxy) is 1. The average Bonchev–Trinajstić information content (AvgIpc) is 2.67. The Morgan fingerprint density at radius 1 is 0.846 bits per heavy atom. The highest BCUT2D eigenvalue weighted by Crippen LogP contribution is 2.34. The summed E-state index contributed by atoms with van der Waals surface area (Å²) in [5.41, 5.74) is 1.06. The fourth-order valence-corrected chi connectivity index (χ4v) is 2.65. The lowest BCUT2D eigenvalue weighted by Crippen LogP contribution is -1.94. The Kier molecular flexibility index (Phi) is 5.61. The molecule has 5 heteroatoms. The smallest absolute Gasteiger partial charge is 0.185 e. The van der Waals surface area contributed by atoms with Gasteiger partial charge in [-0.3, -0.25) is 4.79 Å². The van der Waals surface area contributed by atoms with Crippen molar-refractivity contribution < 1.29 is 14.6 Å². The lowest BCUT2D eigenvalue weighted by atomic mass is 10.1. The summed E-state index contributed by atoms with van der Waals surface area (Å²) in [6, 6.07) is 19.3. The van der Waals surface area contributed by atoms with Gasteiger partial charge in [-0.1, -0.05) is 41.4 Å². The van der Waals surface area contributed by atoms with Gasteiger partial charge >= 0.3 is 0 Å². The molecule has 0 atom stereocenters. The largest absolute Gasteiger partial charge is 0.506 e. The van der Waals surface area contributed by atoms with Gasteiger partial charge in [0.2, 0.25) is 0 Å². The van der Waals surface area contributed by atoms with Crippen LogP contribution in [0.2, 0.25) is 10.0 Å². The molecule has 0 amide bonds. The number of phenols is 1. The molecular formula is C21H14Cl2O3. The van der Waals surface area contributed by atoms with Gasteiger partial charge in [0.25, 0.3) is 0 Å². The van der Waals surface area contributed by atoms with Gasteiger partial charge in [0.15, 0.2) is 5.78 Å². The number of para-hydroxylation sites is 1. The Balaban J connectivity index is 1.71. The van der Waals surface area contributed by atoms with Gasteiger partial charge in [0.05, 0.1) is 5.02 Å². The molecule has 130 valence electrons. The summed E-state index contributed by atoms with van der Waals surface area (Å²) in [5, 5.41) is 9.75. The first kappa shape index (κ1) is 18.1. The van der Waals surface area contributed by atoms with Crippen LogP contribution in [0, 0.1) is 0 Å². The van der Waals surface area contributed by atoms with Gasteiger partial charge in [-0.25, -0.2) is 0 Å². The molecule has 0 aliphatic rings. The molecule has 0 spiro atoms. The summed E-state index contributed by atoms with van der Waals surface area (Å²) < 4.78 is 5.70. The van der Waals surface area contributed by atoms with Crippen molar-refractivity contribution in [3.8, 4) is 17.2 Å². The van der Waals surface area contributed by atoms with Crippen LogP contribution in [-0.2, 0) is 0 Å². The molecule has 0 heterocycles. The molecule has 3 nitrogen and oxygen atoms in total. The Labute approximate surface area is 161 Å². The molecule has 0 radical (unpaired) electrons. The van der Waals surface area contributed by atoms with E-state index in [-0.39, 0.29) is 21.6 Å². The fraction of sp³-hybridized carbons (Fsp3) is 0. The predicted octanol–water partition coefficient (Wildman–Crippen LogP) is 6.39. The van der Waals surface area contributed by atoms with Crippen molar-refractivity contribution in [1.82, 2.24) is 0 Å². The molecule has 3 aromatic carbocycles. The van der Waals surface area contributed by atoms with Crippen molar-refractivity contribution in [2.75, 3.05) is 0 Å². The third kappa shape index (κ3) is 4.26. The van der Waals surface area contributed by atoms with Crippen molar-refractivity contribution in [3.63, 3.8) is 0 Å². The molecular weight excluding hydrogens is 371 g/mol. The Morgan fingerprint density at radius 3 is 2.19 bits per heavy atom. The van der Waals surface area contributed by atoms with E-state index in [9.17, 15) is 9.90 Å². The standard InChI is InChI=1S/C21H14Cl2O3/c22-20-15(9-13-19(25)21(20)23)8-12-18(24)14-6-10-17(11-7-14)26-16-4-2-1-3-5-16/h1-13,25H. The van der Waals surface area contributed by atoms with Gasteiger partial charge < -0.3 is 9.84 Å². The molecule has 0 aliphatic carbocycles. The molecule has 3 aromatic rings. The number of aromatic hydroxyl groups is 1. The van der Waals surface area contributed by atoms with Crippen LogP contribution in [0.5, 0.6) is 17.2 Å². The maximum absolute atomic E-state index is 12.3. The normalized spacial score (nSPS) is 10.8. The highest BCUT2D eigenvalue weighted by Gasteiger charge is 2.08. The molecule has 0 aromatic heterocycles. The molecule has 0 fully saturated rings. The maximum Gasteiger partial charge on any atom is 0.185 e. The zero-order valence-corrected chi connectivity index (χ0v) is 15.0. The zero-order chi connectivity index (χ0) is 18.5. The van der Waals surface area contributed by atoms with Gasteiger partial charge in [-0.2, -0.15) is 0 Å². The minimum atomic E-state index is -0.184. The van der Waals surface area contributed by atoms with Crippen LogP contribution < -0.4 is 4.74 Å². The summed E-state index contributed by atoms with van der Waals surface area (Å²) in [4.78, 5) is 12.3. The molecule has 0 bridgehead atoms. The second kappa shape index (κ2) is 8.09. The predicted molar refractivity (Wildman–Crippen MR) is 104 cm³/mol. The lowest BCUT2D eigenvalue weighted by Gasteiger charge is -2.06. The van der Waals surface area contributed by atoms with Crippen molar-refractivity contribution in [3.05, 3.63) is 94.0 Å². The van der Waals surface area contributed by atoms with Crippen LogP contribution in [0.4, 0.5) is 0 Å². The second-order valence-electron chi connectivity index (χ2n) is 5.44. The van der Waals surface area contributed by atoms with E-state index in [1.165, 1.54) is 12.1 Å². The molecule has 0 aliphatic heterocycles. The fourth-order valence-electron chi connectivity index (χ4n) is 2.26. The molecule has 0 unspecified atom stereocenters. The van der Waals surface area contributed by atoms with E-state index in [4.69, 9.17) is 27.9 Å². The van der Waals surface area contributed by atoms with Crippen LogP contribution in [-0.4, -0.2) is 10.9 Å². The summed E-state index contributed by atoms with van der Waals surface area (Å²) in [5.74, 6) is 1.08. The highest BCUT2D eigenvalue weighted by atomic mass is 35.5. The number of carbonyl (C=O) groups excluding carboxylic acids is 1. The van der Waals surface area contributed by atoms with Crippen molar-refractivity contribution in [2.45, 2.75) is 0 Å². The van der Waals surface area contributed by atoms with Crippen LogP contribution in [0.15, 0.2) is 72.8 Å². The molecule has 0 saturated heterocycles. The van der Waals surface area contributed by atoms with Crippen LogP contribution in [0.1, 0.15) is 15.9 Å². The van der Waals surface area contributed by atoms with E-state index < -0.39 is 0 Å². The van der Waals surface area contributed by atoms with E-state index in [0.29, 0.717) is 16.9 Å². The van der Waals surface area contributed by atoms with E-state index in [1.54, 1.807) is 36.4 Å². The molecule has 3 rings (SSSR count). The number of rotatable bonds is 5. The van der Waals surface area contributed by atoms with Crippen LogP contribution in [0.3, 0.4) is 0 Å². The van der Waals surface area contributed by atoms with E-state index in [1.807, 2.05) is 30.3 Å². The molecule has 26 heavy (non-hydrogen) atoms. The summed E-state index contributed by atoms with van der Waals surface area (Å²) in [7, 11) is 0. The van der Waals surface area contributed by atoms with Crippen molar-refractivity contribution in [1.29, 1.82) is 0 Å². The summed E-state index contributed by atoms with van der Waals surface area (Å²) in [6.07, 6.45) is 2.96. The topological polar surface area (TPSA) is 46.5 Å². The van der Waals surface area contributed by atoms with E-state index in [2.05, 4.69) is 0 Å². The Bertz CT molecular complexity index is 949. The van der Waals surface area contributed by atoms with Gasteiger partial charge in [-0.15, -0.1) is 0 Å². The minimum Gasteiger partial charge on any atom is -0.506 e. The molecule has 1 N–H and O–H groups in total. The first-order valence-corrected chi connectivity index (χ1v) is 8.52. The Hall–Kier alpha value is -2.75.